The number of hydrogen-bond donors (Lipinski definition) is 0. The second-order valence-electron chi connectivity index (χ2n) is 0.894. The third kappa shape index (κ3) is 0.516. The molecule has 0 aliphatic carbocycles. The van der Waals surface area contributed by atoms with E-state index in [0.29, 0.717) is 0 Å². The van der Waals surface area contributed by atoms with Crippen molar-refractivity contribution >= 4 is 0 Å². The van der Waals surface area contributed by atoms with E-state index in [9.17, 15) is 0 Å². The number of rotatable bonds is 0. The second-order valence-corrected chi connectivity index (χ2v) is 0.894. The van der Waals surface area contributed by atoms with Crippen LogP contribution in [0, 0.1) is 0 Å². The molecule has 0 saturated heterocycles. The Morgan fingerprint density at radius 2 is 1.17 bits per heavy atom. The molecule has 0 N–H and O–H groups in total. The minimum absolute atomic E-state index is 0. The molecule has 0 bridgehead atoms. The molecule has 0 aliphatic rings. The predicted molar refractivity (Wildman–Crippen MR) is 23.1 cm³/mol. The van der Waals surface area contributed by atoms with Crippen LogP contribution in [0.3, 0.4) is 0 Å². The lowest BCUT2D eigenvalue weighted by atomic mass is 10.8. The van der Waals surface area contributed by atoms with Gasteiger partial charge in [-0.05, 0) is 0 Å². The molecule has 0 saturated carbocycles. The highest BCUT2D eigenvalue weighted by atomic mass is 14.7. The minimum Gasteiger partial charge on any atom is -0.262 e. The van der Waals surface area contributed by atoms with Crippen LogP contribution in [-0.4, -0.2) is 9.97 Å². The molecule has 0 atom stereocenters. The van der Waals surface area contributed by atoms with E-state index >= 15 is 0 Å². The molecule has 1 heterocycles. The second kappa shape index (κ2) is 1.50. The number of nitrogens with zero attached hydrogens (tertiary/aromatic N) is 2. The SMILES string of the molecule is [H].c1cnccn1. The van der Waals surface area contributed by atoms with E-state index in [-0.39, 0.29) is 1.43 Å². The maximum atomic E-state index is 3.72. The summed E-state index contributed by atoms with van der Waals surface area (Å²) in [5.74, 6) is 0. The van der Waals surface area contributed by atoms with E-state index in [2.05, 4.69) is 9.97 Å². The lowest BCUT2D eigenvalue weighted by Crippen LogP contribution is -1.66. The van der Waals surface area contributed by atoms with Crippen molar-refractivity contribution in [1.82, 2.24) is 9.97 Å². The van der Waals surface area contributed by atoms with Gasteiger partial charge in [0.2, 0.25) is 0 Å². The van der Waals surface area contributed by atoms with Gasteiger partial charge in [0.25, 0.3) is 0 Å². The molecule has 0 aromatic carbocycles. The molecule has 1 rings (SSSR count). The zero-order valence-electron chi connectivity index (χ0n) is 4.20. The molecule has 1 radical (unpaired) electrons. The average molecular weight is 81.1 g/mol. The topological polar surface area (TPSA) is 25.8 Å². The summed E-state index contributed by atoms with van der Waals surface area (Å²) in [5, 5.41) is 0. The molecule has 0 fully saturated rings. The van der Waals surface area contributed by atoms with Gasteiger partial charge in [-0.15, -0.1) is 0 Å². The number of hydrogen-bond acceptors (Lipinski definition) is 2. The summed E-state index contributed by atoms with van der Waals surface area (Å²) < 4.78 is 0. The fourth-order valence-electron chi connectivity index (χ4n) is 0.253. The quantitative estimate of drug-likeness (QED) is 0.456. The van der Waals surface area contributed by atoms with Crippen LogP contribution in [0.4, 0.5) is 0 Å². The van der Waals surface area contributed by atoms with Crippen molar-refractivity contribution in [2.24, 2.45) is 0 Å². The van der Waals surface area contributed by atoms with Crippen molar-refractivity contribution in [3.8, 4) is 0 Å². The summed E-state index contributed by atoms with van der Waals surface area (Å²) in [6, 6.07) is 0. The first-order chi connectivity index (χ1) is 3.00. The van der Waals surface area contributed by atoms with Gasteiger partial charge in [0.15, 0.2) is 0 Å². The lowest BCUT2D eigenvalue weighted by Gasteiger charge is -1.70. The van der Waals surface area contributed by atoms with Crippen LogP contribution in [-0.2, 0) is 0 Å². The Kier molecular flexibility index (Phi) is 0.819. The average Bonchev–Trinajstić information content (AvgIpc) is 1.72. The van der Waals surface area contributed by atoms with Crippen LogP contribution < -0.4 is 0 Å². The molecule has 1 aromatic heterocycles. The Bertz CT molecular complexity index is 81.6. The Labute approximate surface area is 37.4 Å². The maximum Gasteiger partial charge on any atom is 0.0451 e. The third-order valence-corrected chi connectivity index (χ3v) is 0.478. The molecule has 0 spiro atoms. The highest BCUT2D eigenvalue weighted by Crippen LogP contribution is 1.65. The molecule has 31 valence electrons. The Hall–Kier alpha value is -0.920. The van der Waals surface area contributed by atoms with E-state index < -0.39 is 0 Å². The van der Waals surface area contributed by atoms with Gasteiger partial charge >= 0.3 is 0 Å². The van der Waals surface area contributed by atoms with Gasteiger partial charge in [-0.2, -0.15) is 0 Å². The van der Waals surface area contributed by atoms with Crippen molar-refractivity contribution in [2.75, 3.05) is 0 Å². The summed E-state index contributed by atoms with van der Waals surface area (Å²) in [7, 11) is 0. The molecular formula is C4H5N2. The van der Waals surface area contributed by atoms with Gasteiger partial charge in [-0.25, -0.2) is 0 Å². The van der Waals surface area contributed by atoms with Gasteiger partial charge in [0.1, 0.15) is 0 Å². The number of aromatic nitrogens is 2. The van der Waals surface area contributed by atoms with Crippen LogP contribution in [0.2, 0.25) is 0 Å². The summed E-state index contributed by atoms with van der Waals surface area (Å²) in [5.41, 5.74) is 0. The largest absolute Gasteiger partial charge is 0.262 e. The smallest absolute Gasteiger partial charge is 0.0451 e. The van der Waals surface area contributed by atoms with Gasteiger partial charge in [-0.3, -0.25) is 9.97 Å². The van der Waals surface area contributed by atoms with Crippen molar-refractivity contribution in [2.45, 2.75) is 0 Å². The first-order valence-corrected chi connectivity index (χ1v) is 1.70. The zero-order chi connectivity index (χ0) is 4.24. The van der Waals surface area contributed by atoms with Gasteiger partial charge in [-0.1, -0.05) is 0 Å². The summed E-state index contributed by atoms with van der Waals surface area (Å²) in [6.45, 7) is 0. The zero-order valence-corrected chi connectivity index (χ0v) is 3.20. The minimum atomic E-state index is 0. The Balaban J connectivity index is 0.000000360. The van der Waals surface area contributed by atoms with Gasteiger partial charge < -0.3 is 0 Å². The van der Waals surface area contributed by atoms with Gasteiger partial charge in [0, 0.05) is 26.2 Å². The van der Waals surface area contributed by atoms with E-state index in [4.69, 9.17) is 0 Å². The summed E-state index contributed by atoms with van der Waals surface area (Å²) in [6.07, 6.45) is 6.56. The Morgan fingerprint density at radius 1 is 0.833 bits per heavy atom. The molecule has 2 nitrogen and oxygen atoms in total. The fraction of sp³-hybridized carbons (Fsp3) is 0. The fourth-order valence-corrected chi connectivity index (χ4v) is 0.253. The molecule has 0 unspecified atom stereocenters. The van der Waals surface area contributed by atoms with E-state index in [0.717, 1.165) is 0 Å². The van der Waals surface area contributed by atoms with Crippen molar-refractivity contribution < 1.29 is 1.43 Å². The molecule has 2 heteroatoms. The standard InChI is InChI=1S/C4H4N2.H/c1-2-6-4-3-5-1;/h1-4H;. The maximum absolute atomic E-state index is 3.72. The first kappa shape index (κ1) is 3.28. The van der Waals surface area contributed by atoms with E-state index in [1.54, 1.807) is 24.8 Å². The summed E-state index contributed by atoms with van der Waals surface area (Å²) in [4.78, 5) is 7.44. The van der Waals surface area contributed by atoms with Crippen LogP contribution in [0.5, 0.6) is 0 Å². The van der Waals surface area contributed by atoms with Crippen molar-refractivity contribution in [3.63, 3.8) is 0 Å². The van der Waals surface area contributed by atoms with Crippen molar-refractivity contribution in [1.29, 1.82) is 0 Å². The van der Waals surface area contributed by atoms with Crippen LogP contribution >= 0.6 is 0 Å². The van der Waals surface area contributed by atoms with Crippen molar-refractivity contribution in [3.05, 3.63) is 24.8 Å². The van der Waals surface area contributed by atoms with Crippen LogP contribution in [0.1, 0.15) is 1.43 Å². The summed E-state index contributed by atoms with van der Waals surface area (Å²) >= 11 is 0. The molecule has 0 aliphatic heterocycles. The Morgan fingerprint density at radius 3 is 1.33 bits per heavy atom. The third-order valence-electron chi connectivity index (χ3n) is 0.478. The van der Waals surface area contributed by atoms with Gasteiger partial charge in [0.05, 0.1) is 0 Å². The highest BCUT2D eigenvalue weighted by Gasteiger charge is 1.59. The monoisotopic (exact) mass is 81.0 g/mol. The van der Waals surface area contributed by atoms with E-state index in [1.807, 2.05) is 0 Å². The molecule has 1 aromatic rings. The molecule has 6 heavy (non-hydrogen) atoms. The molecule has 0 amide bonds. The van der Waals surface area contributed by atoms with E-state index in [1.165, 1.54) is 0 Å². The van der Waals surface area contributed by atoms with Crippen LogP contribution in [0.25, 0.3) is 0 Å². The molecular weight excluding hydrogens is 76.1 g/mol. The predicted octanol–water partition coefficient (Wildman–Crippen LogP) is 0.589. The first-order valence-electron chi connectivity index (χ1n) is 1.70. The lowest BCUT2D eigenvalue weighted by molar-refractivity contribution is 1.20. The normalized spacial score (nSPS) is 8.00. The highest BCUT2D eigenvalue weighted by molar-refractivity contribution is 4.70. The van der Waals surface area contributed by atoms with Crippen LogP contribution in [0.15, 0.2) is 24.8 Å².